The molecule has 0 unspecified atom stereocenters. The summed E-state index contributed by atoms with van der Waals surface area (Å²) in [5.41, 5.74) is 3.54. The summed E-state index contributed by atoms with van der Waals surface area (Å²) in [6, 6.07) is 0. The fourth-order valence-electron chi connectivity index (χ4n) is 1.75. The van der Waals surface area contributed by atoms with Crippen LogP contribution in [0.5, 0.6) is 5.88 Å². The minimum absolute atomic E-state index is 0.163. The first-order valence-corrected chi connectivity index (χ1v) is 8.11. The van der Waals surface area contributed by atoms with Gasteiger partial charge in [0.2, 0.25) is 5.88 Å². The second kappa shape index (κ2) is 6.28. The summed E-state index contributed by atoms with van der Waals surface area (Å²) in [6.07, 6.45) is 0.822. The van der Waals surface area contributed by atoms with E-state index in [1.165, 1.54) is 4.88 Å². The Balaban J connectivity index is 2.12. The second-order valence-corrected chi connectivity index (χ2v) is 7.27. The van der Waals surface area contributed by atoms with Crippen LogP contribution in [0.25, 0.3) is 0 Å². The number of nitrogens with zero attached hydrogens (tertiary/aromatic N) is 3. The van der Waals surface area contributed by atoms with Crippen LogP contribution in [0, 0.1) is 13.8 Å². The van der Waals surface area contributed by atoms with E-state index < -0.39 is 0 Å². The number of halogens is 1. The topological polar surface area (TPSA) is 47.9 Å². The van der Waals surface area contributed by atoms with Crippen molar-refractivity contribution in [2.45, 2.75) is 46.5 Å². The molecule has 21 heavy (non-hydrogen) atoms. The normalized spacial score (nSPS) is 11.7. The lowest BCUT2D eigenvalue weighted by Gasteiger charge is -2.19. The molecule has 0 saturated carbocycles. The number of ether oxygens (including phenoxy) is 1. The molecule has 0 aliphatic carbocycles. The van der Waals surface area contributed by atoms with Crippen LogP contribution in [0.4, 0.5) is 0 Å². The van der Waals surface area contributed by atoms with Gasteiger partial charge in [-0.15, -0.1) is 11.3 Å². The van der Waals surface area contributed by atoms with Gasteiger partial charge >= 0.3 is 0 Å². The van der Waals surface area contributed by atoms with Crippen molar-refractivity contribution >= 4 is 22.9 Å². The van der Waals surface area contributed by atoms with E-state index in [0.717, 1.165) is 17.7 Å². The fraction of sp³-hybridized carbons (Fsp3) is 0.533. The Morgan fingerprint density at radius 1 is 1.24 bits per heavy atom. The van der Waals surface area contributed by atoms with Gasteiger partial charge in [-0.2, -0.15) is 4.98 Å². The van der Waals surface area contributed by atoms with E-state index in [-0.39, 0.29) is 5.41 Å². The van der Waals surface area contributed by atoms with Crippen LogP contribution < -0.4 is 4.74 Å². The lowest BCUT2D eigenvalue weighted by molar-refractivity contribution is 0.303. The summed E-state index contributed by atoms with van der Waals surface area (Å²) < 4.78 is 5.83. The molecule has 0 radical (unpaired) electrons. The Labute approximate surface area is 134 Å². The van der Waals surface area contributed by atoms with Crippen LogP contribution in [-0.4, -0.2) is 21.6 Å². The quantitative estimate of drug-likeness (QED) is 0.793. The predicted molar refractivity (Wildman–Crippen MR) is 86.5 cm³/mol. The van der Waals surface area contributed by atoms with Crippen LogP contribution in [0.1, 0.15) is 42.7 Å². The smallest absolute Gasteiger partial charge is 0.221 e. The van der Waals surface area contributed by atoms with E-state index in [1.807, 2.05) is 19.4 Å². The van der Waals surface area contributed by atoms with Gasteiger partial charge in [0.05, 0.1) is 17.8 Å². The number of rotatable bonds is 4. The molecule has 0 aliphatic heterocycles. The molecule has 0 fully saturated rings. The van der Waals surface area contributed by atoms with Gasteiger partial charge in [-0.05, 0) is 13.8 Å². The number of hydrogen-bond donors (Lipinski definition) is 0. The molecule has 0 bridgehead atoms. The highest BCUT2D eigenvalue weighted by molar-refractivity contribution is 7.09. The molecular weight excluding hydrogens is 306 g/mol. The van der Waals surface area contributed by atoms with Crippen LogP contribution in [0.15, 0.2) is 5.51 Å². The van der Waals surface area contributed by atoms with Crippen LogP contribution >= 0.6 is 22.9 Å². The molecule has 2 aromatic heterocycles. The molecule has 0 atom stereocenters. The summed E-state index contributed by atoms with van der Waals surface area (Å²) >= 11 is 7.84. The average molecular weight is 326 g/mol. The van der Waals surface area contributed by atoms with Gasteiger partial charge in [0.15, 0.2) is 0 Å². The van der Waals surface area contributed by atoms with Gasteiger partial charge < -0.3 is 4.74 Å². The molecule has 0 aliphatic rings. The van der Waals surface area contributed by atoms with Gasteiger partial charge in [-0.3, -0.25) is 0 Å². The van der Waals surface area contributed by atoms with Gasteiger partial charge in [0.1, 0.15) is 11.0 Å². The molecule has 0 N–H and O–H groups in total. The third kappa shape index (κ3) is 3.92. The van der Waals surface area contributed by atoms with E-state index in [9.17, 15) is 0 Å². The Morgan fingerprint density at radius 3 is 2.52 bits per heavy atom. The van der Waals surface area contributed by atoms with Crippen molar-refractivity contribution in [2.24, 2.45) is 0 Å². The molecule has 114 valence electrons. The van der Waals surface area contributed by atoms with Crippen LogP contribution in [0.2, 0.25) is 5.15 Å². The van der Waals surface area contributed by atoms with E-state index in [0.29, 0.717) is 23.5 Å². The highest BCUT2D eigenvalue weighted by Gasteiger charge is 2.21. The summed E-state index contributed by atoms with van der Waals surface area (Å²) in [5, 5.41) is 0.457. The molecule has 0 spiro atoms. The van der Waals surface area contributed by atoms with E-state index >= 15 is 0 Å². The maximum absolute atomic E-state index is 6.19. The van der Waals surface area contributed by atoms with Crippen LogP contribution in [0.3, 0.4) is 0 Å². The highest BCUT2D eigenvalue weighted by atomic mass is 35.5. The monoisotopic (exact) mass is 325 g/mol. The zero-order valence-electron chi connectivity index (χ0n) is 13.0. The summed E-state index contributed by atoms with van der Waals surface area (Å²) in [7, 11) is 0. The first-order valence-electron chi connectivity index (χ1n) is 6.85. The van der Waals surface area contributed by atoms with Gasteiger partial charge in [-0.1, -0.05) is 32.4 Å². The van der Waals surface area contributed by atoms with Crippen molar-refractivity contribution in [1.29, 1.82) is 0 Å². The molecule has 0 aromatic carbocycles. The third-order valence-electron chi connectivity index (χ3n) is 3.13. The lowest BCUT2D eigenvalue weighted by Crippen LogP contribution is -2.18. The number of aromatic nitrogens is 3. The third-order valence-corrected chi connectivity index (χ3v) is 4.49. The van der Waals surface area contributed by atoms with E-state index in [4.69, 9.17) is 16.3 Å². The highest BCUT2D eigenvalue weighted by Crippen LogP contribution is 2.27. The summed E-state index contributed by atoms with van der Waals surface area (Å²) in [6.45, 7) is 10.6. The van der Waals surface area contributed by atoms with E-state index in [2.05, 4.69) is 35.7 Å². The average Bonchev–Trinajstić information content (AvgIpc) is 2.79. The maximum atomic E-state index is 6.19. The first-order chi connectivity index (χ1) is 9.79. The standard InChI is InChI=1S/C15H20ClN3OS/c1-9-12(16)18-14(15(3,4)5)19-13(9)20-7-6-11-10(2)17-8-21-11/h8H,6-7H2,1-5H3. The van der Waals surface area contributed by atoms with Gasteiger partial charge in [0.25, 0.3) is 0 Å². The summed E-state index contributed by atoms with van der Waals surface area (Å²) in [4.78, 5) is 14.3. The molecule has 0 saturated heterocycles. The van der Waals surface area contributed by atoms with Crippen molar-refractivity contribution in [1.82, 2.24) is 15.0 Å². The Bertz CT molecular complexity index is 634. The molecular formula is C15H20ClN3OS. The van der Waals surface area contributed by atoms with Crippen molar-refractivity contribution in [2.75, 3.05) is 6.61 Å². The molecule has 4 nitrogen and oxygen atoms in total. The van der Waals surface area contributed by atoms with Crippen molar-refractivity contribution in [3.8, 4) is 5.88 Å². The predicted octanol–water partition coefficient (Wildman–Crippen LogP) is 4.12. The number of aryl methyl sites for hydroxylation is 1. The molecule has 2 aromatic rings. The minimum atomic E-state index is -0.163. The lowest BCUT2D eigenvalue weighted by atomic mass is 9.96. The van der Waals surface area contributed by atoms with Gasteiger partial charge in [-0.25, -0.2) is 9.97 Å². The van der Waals surface area contributed by atoms with Crippen molar-refractivity contribution in [3.05, 3.63) is 32.6 Å². The summed E-state index contributed by atoms with van der Waals surface area (Å²) in [5.74, 6) is 1.27. The molecule has 6 heteroatoms. The van der Waals surface area contributed by atoms with Crippen molar-refractivity contribution in [3.63, 3.8) is 0 Å². The zero-order chi connectivity index (χ0) is 15.6. The SMILES string of the molecule is Cc1ncsc1CCOc1nc(C(C)(C)C)nc(Cl)c1C. The first kappa shape index (κ1) is 16.2. The zero-order valence-corrected chi connectivity index (χ0v) is 14.6. The minimum Gasteiger partial charge on any atom is -0.477 e. The Kier molecular flexibility index (Phi) is 4.84. The Hall–Kier alpha value is -1.20. The van der Waals surface area contributed by atoms with Crippen molar-refractivity contribution < 1.29 is 4.74 Å². The van der Waals surface area contributed by atoms with E-state index in [1.54, 1.807) is 11.3 Å². The largest absolute Gasteiger partial charge is 0.477 e. The molecule has 2 rings (SSSR count). The maximum Gasteiger partial charge on any atom is 0.221 e. The fourth-order valence-corrected chi connectivity index (χ4v) is 2.68. The molecule has 0 amide bonds. The van der Waals surface area contributed by atoms with Gasteiger partial charge in [0, 0.05) is 22.3 Å². The second-order valence-electron chi connectivity index (χ2n) is 5.98. The number of thiazole rings is 1. The number of hydrogen-bond acceptors (Lipinski definition) is 5. The Morgan fingerprint density at radius 2 is 1.95 bits per heavy atom. The van der Waals surface area contributed by atoms with Crippen LogP contribution in [-0.2, 0) is 11.8 Å². The molecule has 2 heterocycles.